The van der Waals surface area contributed by atoms with Gasteiger partial charge in [0.15, 0.2) is 5.96 Å². The number of aliphatic imine (C=N–C) groups is 1. The summed E-state index contributed by atoms with van der Waals surface area (Å²) in [6, 6.07) is -2.47. The molecule has 2 atom stereocenters. The Hall–Kier alpha value is -3.63. The molecule has 0 aliphatic heterocycles. The molecule has 31 heavy (non-hydrogen) atoms. The Kier molecular flexibility index (Phi) is 13.7. The lowest BCUT2D eigenvalue weighted by Gasteiger charge is -2.14. The van der Waals surface area contributed by atoms with E-state index in [1.54, 1.807) is 0 Å². The van der Waals surface area contributed by atoms with Crippen LogP contribution in [0.15, 0.2) is 4.99 Å². The number of carboxylic acid groups (broad SMARTS) is 3. The molecule has 14 nitrogen and oxygen atoms in total. The minimum Gasteiger partial charge on any atom is -0.481 e. The van der Waals surface area contributed by atoms with Crippen molar-refractivity contribution in [2.24, 2.45) is 22.2 Å². The number of nitrogens with two attached hydrogens (primary N) is 3. The number of carbonyl (C=O) groups excluding carboxylic acids is 2. The normalized spacial score (nSPS) is 12.3. The summed E-state index contributed by atoms with van der Waals surface area (Å²) in [5.41, 5.74) is 15.9. The molecule has 0 rings (SSSR count). The third-order valence-electron chi connectivity index (χ3n) is 2.98. The van der Waals surface area contributed by atoms with Crippen molar-refractivity contribution in [1.82, 2.24) is 10.6 Å². The van der Waals surface area contributed by atoms with Crippen molar-refractivity contribution >= 4 is 35.7 Å². The Morgan fingerprint density at radius 2 is 1.55 bits per heavy atom. The van der Waals surface area contributed by atoms with E-state index in [9.17, 15) is 32.3 Å². The SMILES string of the molecule is NC(N)=NCCC[C@H](N)C(=O)NCC(=O)N[C@@H](CC(=O)O)C(=O)O.O=C(O)C(F)(F)F. The zero-order chi connectivity index (χ0) is 24.8. The number of nitrogens with zero attached hydrogens (tertiary/aromatic N) is 1. The maximum absolute atomic E-state index is 11.7. The fraction of sp³-hybridized carbons (Fsp3) is 0.571. The number of carbonyl (C=O) groups is 5. The second-order valence-corrected chi connectivity index (χ2v) is 5.63. The first kappa shape index (κ1) is 29.6. The van der Waals surface area contributed by atoms with Crippen LogP contribution in [0.1, 0.15) is 19.3 Å². The van der Waals surface area contributed by atoms with Gasteiger partial charge in [0.1, 0.15) is 6.04 Å². The van der Waals surface area contributed by atoms with Crippen molar-refractivity contribution in [2.45, 2.75) is 37.5 Å². The predicted octanol–water partition coefficient (Wildman–Crippen LogP) is -2.84. The number of hydrogen-bond donors (Lipinski definition) is 8. The molecule has 0 heterocycles. The monoisotopic (exact) mass is 460 g/mol. The number of guanidine groups is 1. The number of carboxylic acids is 3. The van der Waals surface area contributed by atoms with Crippen LogP contribution in [-0.2, 0) is 24.0 Å². The first-order chi connectivity index (χ1) is 14.1. The van der Waals surface area contributed by atoms with Crippen LogP contribution in [0.2, 0.25) is 0 Å². The molecule has 0 unspecified atom stereocenters. The minimum absolute atomic E-state index is 0.0703. The summed E-state index contributed by atoms with van der Waals surface area (Å²) in [5, 5.41) is 28.7. The molecule has 0 saturated carbocycles. The summed E-state index contributed by atoms with van der Waals surface area (Å²) in [6.07, 6.45) is -5.13. The Morgan fingerprint density at radius 1 is 1.03 bits per heavy atom. The van der Waals surface area contributed by atoms with Gasteiger partial charge in [0.25, 0.3) is 0 Å². The molecule has 0 aromatic rings. The van der Waals surface area contributed by atoms with Crippen molar-refractivity contribution in [2.75, 3.05) is 13.1 Å². The topological polar surface area (TPSA) is 261 Å². The molecule has 2 amide bonds. The number of alkyl halides is 3. The van der Waals surface area contributed by atoms with Crippen LogP contribution in [0, 0.1) is 0 Å². The molecular formula is C14H23F3N6O8. The first-order valence-corrected chi connectivity index (χ1v) is 8.20. The molecule has 0 aliphatic rings. The van der Waals surface area contributed by atoms with Crippen LogP contribution in [0.25, 0.3) is 0 Å². The Balaban J connectivity index is 0. The smallest absolute Gasteiger partial charge is 0.481 e. The van der Waals surface area contributed by atoms with Crippen LogP contribution in [0.4, 0.5) is 13.2 Å². The van der Waals surface area contributed by atoms with Crippen molar-refractivity contribution in [3.63, 3.8) is 0 Å². The fourth-order valence-corrected chi connectivity index (χ4v) is 1.57. The van der Waals surface area contributed by atoms with Gasteiger partial charge in [0, 0.05) is 6.54 Å². The lowest BCUT2D eigenvalue weighted by Crippen LogP contribution is -2.49. The second kappa shape index (κ2) is 14.4. The summed E-state index contributed by atoms with van der Waals surface area (Å²) >= 11 is 0. The minimum atomic E-state index is -5.08. The van der Waals surface area contributed by atoms with Gasteiger partial charge in [-0.15, -0.1) is 0 Å². The van der Waals surface area contributed by atoms with Crippen LogP contribution < -0.4 is 27.8 Å². The Bertz CT molecular complexity index is 681. The molecule has 0 aliphatic carbocycles. The van der Waals surface area contributed by atoms with Crippen LogP contribution in [-0.4, -0.2) is 82.4 Å². The van der Waals surface area contributed by atoms with E-state index in [2.05, 4.69) is 10.3 Å². The molecule has 0 bridgehead atoms. The van der Waals surface area contributed by atoms with Crippen molar-refractivity contribution in [3.8, 4) is 0 Å². The third-order valence-corrected chi connectivity index (χ3v) is 2.98. The first-order valence-electron chi connectivity index (χ1n) is 8.20. The summed E-state index contributed by atoms with van der Waals surface area (Å²) in [5.74, 6) is -7.15. The van der Waals surface area contributed by atoms with Crippen molar-refractivity contribution in [3.05, 3.63) is 0 Å². The lowest BCUT2D eigenvalue weighted by atomic mass is 10.1. The maximum atomic E-state index is 11.7. The van der Waals surface area contributed by atoms with E-state index in [1.807, 2.05) is 5.32 Å². The third kappa shape index (κ3) is 17.0. The van der Waals surface area contributed by atoms with E-state index in [0.717, 1.165) is 0 Å². The van der Waals surface area contributed by atoms with Gasteiger partial charge in [-0.25, -0.2) is 9.59 Å². The molecule has 178 valence electrons. The van der Waals surface area contributed by atoms with E-state index in [-0.39, 0.29) is 12.4 Å². The zero-order valence-corrected chi connectivity index (χ0v) is 15.9. The van der Waals surface area contributed by atoms with E-state index in [0.29, 0.717) is 13.0 Å². The Labute approximate surface area is 172 Å². The lowest BCUT2D eigenvalue weighted by molar-refractivity contribution is -0.192. The molecule has 0 saturated heterocycles. The Morgan fingerprint density at radius 3 is 1.94 bits per heavy atom. The highest BCUT2D eigenvalue weighted by molar-refractivity contribution is 5.90. The predicted molar refractivity (Wildman–Crippen MR) is 96.4 cm³/mol. The number of rotatable bonds is 11. The average molecular weight is 460 g/mol. The standard InChI is InChI=1S/C12H22N6O6.C2HF3O2/c13-6(2-1-3-16-12(14)15)10(22)17-5-8(19)18-7(11(23)24)4-9(20)21;3-2(4,5)1(6)7/h6-7H,1-5,13H2,(H,17,22)(H,18,19)(H,20,21)(H,23,24)(H4,14,15,16);(H,6,7)/t6-,7-;/m0./s1. The number of nitrogens with one attached hydrogen (secondary N) is 2. The summed E-state index contributed by atoms with van der Waals surface area (Å²) in [7, 11) is 0. The van der Waals surface area contributed by atoms with Gasteiger partial charge in [-0.05, 0) is 12.8 Å². The van der Waals surface area contributed by atoms with E-state index in [4.69, 9.17) is 37.3 Å². The number of aliphatic carboxylic acids is 3. The molecule has 11 N–H and O–H groups in total. The van der Waals surface area contributed by atoms with Gasteiger partial charge in [-0.1, -0.05) is 0 Å². The fourth-order valence-electron chi connectivity index (χ4n) is 1.57. The number of halogens is 3. The largest absolute Gasteiger partial charge is 0.490 e. The van der Waals surface area contributed by atoms with Gasteiger partial charge in [0.2, 0.25) is 11.8 Å². The highest BCUT2D eigenvalue weighted by Crippen LogP contribution is 2.13. The zero-order valence-electron chi connectivity index (χ0n) is 15.9. The molecule has 0 aromatic heterocycles. The van der Waals surface area contributed by atoms with E-state index < -0.39 is 60.9 Å². The number of amides is 2. The molecule has 0 aromatic carbocycles. The molecule has 0 spiro atoms. The van der Waals surface area contributed by atoms with Gasteiger partial charge < -0.3 is 43.2 Å². The van der Waals surface area contributed by atoms with Gasteiger partial charge in [-0.3, -0.25) is 19.4 Å². The summed E-state index contributed by atoms with van der Waals surface area (Å²) < 4.78 is 31.7. The van der Waals surface area contributed by atoms with Gasteiger partial charge in [-0.2, -0.15) is 13.2 Å². The van der Waals surface area contributed by atoms with Crippen LogP contribution >= 0.6 is 0 Å². The molecule has 17 heteroatoms. The average Bonchev–Trinajstić information content (AvgIpc) is 2.61. The van der Waals surface area contributed by atoms with Crippen molar-refractivity contribution in [1.29, 1.82) is 0 Å². The quantitative estimate of drug-likeness (QED) is 0.0884. The highest BCUT2D eigenvalue weighted by atomic mass is 19.4. The highest BCUT2D eigenvalue weighted by Gasteiger charge is 2.38. The maximum Gasteiger partial charge on any atom is 0.490 e. The van der Waals surface area contributed by atoms with Gasteiger partial charge >= 0.3 is 24.1 Å². The van der Waals surface area contributed by atoms with Crippen LogP contribution in [0.3, 0.4) is 0 Å². The van der Waals surface area contributed by atoms with Crippen molar-refractivity contribution < 1.29 is 52.5 Å². The molecule has 0 fully saturated rings. The van der Waals surface area contributed by atoms with Gasteiger partial charge in [0.05, 0.1) is 19.0 Å². The van der Waals surface area contributed by atoms with Crippen LogP contribution in [0.5, 0.6) is 0 Å². The van der Waals surface area contributed by atoms with E-state index >= 15 is 0 Å². The molecular weight excluding hydrogens is 437 g/mol. The van der Waals surface area contributed by atoms with E-state index in [1.165, 1.54) is 0 Å². The summed E-state index contributed by atoms with van der Waals surface area (Å²) in [4.78, 5) is 57.1. The molecule has 0 radical (unpaired) electrons. The number of hydrogen-bond acceptors (Lipinski definition) is 7. The summed E-state index contributed by atoms with van der Waals surface area (Å²) in [6.45, 7) is -0.219. The second-order valence-electron chi connectivity index (χ2n) is 5.63.